The van der Waals surface area contributed by atoms with Gasteiger partial charge < -0.3 is 15.5 Å². The van der Waals surface area contributed by atoms with Crippen LogP contribution < -0.4 is 5.73 Å². The van der Waals surface area contributed by atoms with Gasteiger partial charge in [-0.25, -0.2) is 4.98 Å². The quantitative estimate of drug-likeness (QED) is 0.464. The number of carbonyl (C=O) groups excluding carboxylic acids is 2. The molecule has 34 heavy (non-hydrogen) atoms. The van der Waals surface area contributed by atoms with Crippen molar-refractivity contribution in [2.24, 2.45) is 11.7 Å². The summed E-state index contributed by atoms with van der Waals surface area (Å²) in [6.07, 6.45) is 0.783. The van der Waals surface area contributed by atoms with Gasteiger partial charge >= 0.3 is 0 Å². The van der Waals surface area contributed by atoms with Gasteiger partial charge in [-0.15, -0.1) is 22.7 Å². The molecule has 2 fully saturated rings. The lowest BCUT2D eigenvalue weighted by Crippen LogP contribution is -2.61. The zero-order chi connectivity index (χ0) is 23.2. The van der Waals surface area contributed by atoms with E-state index in [9.17, 15) is 9.59 Å². The van der Waals surface area contributed by atoms with Crippen molar-refractivity contribution in [2.75, 3.05) is 19.6 Å². The summed E-state index contributed by atoms with van der Waals surface area (Å²) in [5.41, 5.74) is 10.9. The van der Waals surface area contributed by atoms with Crippen LogP contribution in [0.1, 0.15) is 26.6 Å². The summed E-state index contributed by atoms with van der Waals surface area (Å²) in [5.74, 6) is 0.202. The fourth-order valence-corrected chi connectivity index (χ4v) is 6.74. The lowest BCUT2D eigenvalue weighted by molar-refractivity contribution is 0.0246. The number of thiazole rings is 1. The molecule has 2 N–H and O–H groups in total. The number of fused-ring (bicyclic) bond motifs is 1. The number of benzene rings is 2. The molecule has 0 spiro atoms. The lowest BCUT2D eigenvalue weighted by Gasteiger charge is -2.45. The highest BCUT2D eigenvalue weighted by atomic mass is 32.1. The molecule has 2 saturated heterocycles. The lowest BCUT2D eigenvalue weighted by atomic mass is 9.87. The molecule has 2 atom stereocenters. The van der Waals surface area contributed by atoms with Gasteiger partial charge in [0.15, 0.2) is 0 Å². The van der Waals surface area contributed by atoms with Crippen LogP contribution >= 0.6 is 22.7 Å². The highest BCUT2D eigenvalue weighted by Crippen LogP contribution is 2.35. The third kappa shape index (κ3) is 3.72. The van der Waals surface area contributed by atoms with Crippen LogP contribution in [-0.2, 0) is 0 Å². The molecule has 6 rings (SSSR count). The van der Waals surface area contributed by atoms with E-state index in [4.69, 9.17) is 5.73 Å². The second-order valence-electron chi connectivity index (χ2n) is 9.01. The molecule has 0 saturated carbocycles. The number of carbonyl (C=O) groups is 2. The fraction of sp³-hybridized carbons (Fsp3) is 0.269. The molecule has 6 nitrogen and oxygen atoms in total. The largest absolute Gasteiger partial charge is 0.337 e. The van der Waals surface area contributed by atoms with E-state index in [-0.39, 0.29) is 29.8 Å². The molecule has 2 aliphatic rings. The summed E-state index contributed by atoms with van der Waals surface area (Å²) in [6, 6.07) is 18.5. The van der Waals surface area contributed by atoms with Gasteiger partial charge in [-0.1, -0.05) is 42.5 Å². The topological polar surface area (TPSA) is 79.5 Å². The van der Waals surface area contributed by atoms with Crippen LogP contribution in [-0.4, -0.2) is 58.3 Å². The first-order chi connectivity index (χ1) is 16.6. The van der Waals surface area contributed by atoms with Gasteiger partial charge in [0.05, 0.1) is 16.4 Å². The third-order valence-corrected chi connectivity index (χ3v) is 8.60. The van der Waals surface area contributed by atoms with Crippen LogP contribution in [0.4, 0.5) is 0 Å². The Bertz CT molecular complexity index is 1350. The van der Waals surface area contributed by atoms with Crippen LogP contribution in [0.15, 0.2) is 65.5 Å². The summed E-state index contributed by atoms with van der Waals surface area (Å²) in [7, 11) is 0. The predicted molar refractivity (Wildman–Crippen MR) is 136 cm³/mol. The maximum atomic E-state index is 13.2. The zero-order valence-electron chi connectivity index (χ0n) is 18.5. The zero-order valence-corrected chi connectivity index (χ0v) is 20.1. The molecule has 0 aliphatic carbocycles. The van der Waals surface area contributed by atoms with Crippen molar-refractivity contribution in [1.82, 2.24) is 14.8 Å². The number of rotatable bonds is 4. The Morgan fingerprint density at radius 3 is 2.59 bits per heavy atom. The number of amides is 2. The Morgan fingerprint density at radius 1 is 1.00 bits per heavy atom. The van der Waals surface area contributed by atoms with E-state index < -0.39 is 0 Å². The summed E-state index contributed by atoms with van der Waals surface area (Å²) in [4.78, 5) is 34.8. The van der Waals surface area contributed by atoms with Crippen LogP contribution in [0.25, 0.3) is 21.2 Å². The molecule has 0 bridgehead atoms. The molecule has 2 aromatic heterocycles. The Kier molecular flexibility index (Phi) is 5.44. The highest BCUT2D eigenvalue weighted by molar-refractivity contribution is 7.20. The van der Waals surface area contributed by atoms with Gasteiger partial charge in [0.2, 0.25) is 0 Å². The minimum atomic E-state index is -0.0643. The number of thiophene rings is 1. The van der Waals surface area contributed by atoms with Crippen LogP contribution in [0.2, 0.25) is 0 Å². The normalized spacial score (nSPS) is 20.6. The molecular weight excluding hydrogens is 464 g/mol. The first kappa shape index (κ1) is 21.5. The average Bonchev–Trinajstić information content (AvgIpc) is 3.58. The van der Waals surface area contributed by atoms with Crippen molar-refractivity contribution >= 4 is 44.6 Å². The van der Waals surface area contributed by atoms with Crippen molar-refractivity contribution in [3.8, 4) is 11.1 Å². The second kappa shape index (κ2) is 8.61. The molecular formula is C26H24N4O2S2. The molecule has 8 heteroatoms. The molecule has 2 amide bonds. The number of hydrogen-bond acceptors (Lipinski definition) is 6. The number of nitrogens with zero attached hydrogens (tertiary/aromatic N) is 3. The number of aromatic nitrogens is 1. The van der Waals surface area contributed by atoms with Crippen molar-refractivity contribution in [2.45, 2.75) is 18.5 Å². The van der Waals surface area contributed by atoms with Crippen LogP contribution in [0.3, 0.4) is 0 Å². The van der Waals surface area contributed by atoms with Crippen molar-refractivity contribution in [1.29, 1.82) is 0 Å². The van der Waals surface area contributed by atoms with Gasteiger partial charge in [0.1, 0.15) is 5.69 Å². The van der Waals surface area contributed by atoms with Gasteiger partial charge in [-0.2, -0.15) is 0 Å². The summed E-state index contributed by atoms with van der Waals surface area (Å²) >= 11 is 2.96. The first-order valence-corrected chi connectivity index (χ1v) is 13.2. The minimum Gasteiger partial charge on any atom is -0.337 e. The summed E-state index contributed by atoms with van der Waals surface area (Å²) in [5, 5.41) is 2.87. The van der Waals surface area contributed by atoms with Gasteiger partial charge in [0.25, 0.3) is 11.8 Å². The minimum absolute atomic E-state index is 0.0471. The van der Waals surface area contributed by atoms with E-state index in [2.05, 4.69) is 35.3 Å². The maximum Gasteiger partial charge on any atom is 0.273 e. The number of hydrogen-bond donors (Lipinski definition) is 1. The van der Waals surface area contributed by atoms with Crippen LogP contribution in [0, 0.1) is 5.92 Å². The van der Waals surface area contributed by atoms with E-state index in [0.717, 1.165) is 26.9 Å². The van der Waals surface area contributed by atoms with E-state index in [1.165, 1.54) is 16.9 Å². The average molecular weight is 489 g/mol. The van der Waals surface area contributed by atoms with E-state index in [1.807, 2.05) is 34.1 Å². The van der Waals surface area contributed by atoms with Gasteiger partial charge in [0, 0.05) is 41.7 Å². The van der Waals surface area contributed by atoms with Crippen molar-refractivity contribution < 1.29 is 9.59 Å². The molecule has 4 aromatic rings. The second-order valence-corrected chi connectivity index (χ2v) is 10.8. The van der Waals surface area contributed by atoms with Gasteiger partial charge in [-0.3, -0.25) is 9.59 Å². The number of nitrogens with two attached hydrogens (primary N) is 1. The summed E-state index contributed by atoms with van der Waals surface area (Å²) < 4.78 is 1.11. The Morgan fingerprint density at radius 2 is 1.82 bits per heavy atom. The van der Waals surface area contributed by atoms with Crippen LogP contribution in [0.5, 0.6) is 0 Å². The smallest absolute Gasteiger partial charge is 0.273 e. The van der Waals surface area contributed by atoms with E-state index in [1.54, 1.807) is 22.2 Å². The first-order valence-electron chi connectivity index (χ1n) is 11.4. The maximum absolute atomic E-state index is 13.2. The number of likely N-dealkylation sites (tertiary alicyclic amines) is 2. The Hall–Kier alpha value is -3.07. The van der Waals surface area contributed by atoms with Gasteiger partial charge in [-0.05, 0) is 35.1 Å². The predicted octanol–water partition coefficient (Wildman–Crippen LogP) is 4.34. The van der Waals surface area contributed by atoms with Crippen molar-refractivity contribution in [3.63, 3.8) is 0 Å². The standard InChI is InChI=1S/C26H24N4O2S2/c27-20-8-9-30(25(31)21-14-33-15-28-21)24(20)19-12-29(13-19)26(32)23-11-18-7-6-17(10-22(18)34-23)16-4-2-1-3-5-16/h1-7,10-11,14-15,19-20,24H,8-9,12-13,27H2. The molecule has 2 aromatic carbocycles. The SMILES string of the molecule is NC1CCN(C(=O)c2cscn2)C1C1CN(C(=O)c2cc3ccc(-c4ccccc4)cc3s2)C1. The van der Waals surface area contributed by atoms with E-state index >= 15 is 0 Å². The third-order valence-electron chi connectivity index (χ3n) is 6.93. The molecule has 0 radical (unpaired) electrons. The highest BCUT2D eigenvalue weighted by Gasteiger charge is 2.46. The molecule has 2 aliphatic heterocycles. The Labute approximate surface area is 205 Å². The molecule has 4 heterocycles. The molecule has 172 valence electrons. The van der Waals surface area contributed by atoms with E-state index in [0.29, 0.717) is 25.3 Å². The fourth-order valence-electron chi connectivity index (χ4n) is 5.14. The molecule has 2 unspecified atom stereocenters. The Balaban J connectivity index is 1.16. The monoisotopic (exact) mass is 488 g/mol. The van der Waals surface area contributed by atoms with Crippen molar-refractivity contribution in [3.05, 3.63) is 76.1 Å². The summed E-state index contributed by atoms with van der Waals surface area (Å²) in [6.45, 7) is 1.90.